The summed E-state index contributed by atoms with van der Waals surface area (Å²) in [4.78, 5) is 32.9. The highest BCUT2D eigenvalue weighted by atomic mass is 32.1. The van der Waals surface area contributed by atoms with E-state index in [2.05, 4.69) is 16.9 Å². The van der Waals surface area contributed by atoms with Crippen LogP contribution in [0.3, 0.4) is 0 Å². The number of nitrogens with one attached hydrogen (secondary N) is 1. The van der Waals surface area contributed by atoms with E-state index in [0.29, 0.717) is 23.5 Å². The first-order valence-electron chi connectivity index (χ1n) is 7.66. The molecule has 4 rings (SSSR count). The summed E-state index contributed by atoms with van der Waals surface area (Å²) < 4.78 is -0.0869. The molecule has 1 aromatic carbocycles. The molecule has 3 aromatic rings. The molecule has 0 saturated carbocycles. The van der Waals surface area contributed by atoms with Crippen LogP contribution in [0.5, 0.6) is 0 Å². The summed E-state index contributed by atoms with van der Waals surface area (Å²) in [5, 5.41) is 1.82. The third-order valence-corrected chi connectivity index (χ3v) is 5.33. The third kappa shape index (κ3) is 2.44. The molecule has 118 valence electrons. The Morgan fingerprint density at radius 3 is 2.65 bits per heavy atom. The minimum atomic E-state index is -0.0869. The summed E-state index contributed by atoms with van der Waals surface area (Å²) in [6.45, 7) is 3.16. The minimum Gasteiger partial charge on any atom is -0.351 e. The number of aromatic amines is 1. The van der Waals surface area contributed by atoms with Gasteiger partial charge in [0.15, 0.2) is 0 Å². The number of hydrogen-bond donors (Lipinski definition) is 1. The number of nitrogens with zero attached hydrogens (tertiary/aromatic N) is 2. The summed E-state index contributed by atoms with van der Waals surface area (Å²) in [6, 6.07) is 9.66. The van der Waals surface area contributed by atoms with Gasteiger partial charge < -0.3 is 14.8 Å². The van der Waals surface area contributed by atoms with Crippen molar-refractivity contribution in [1.82, 2.24) is 14.8 Å². The van der Waals surface area contributed by atoms with Crippen molar-refractivity contribution in [2.75, 3.05) is 33.2 Å². The van der Waals surface area contributed by atoms with Gasteiger partial charge in [-0.15, -0.1) is 0 Å². The van der Waals surface area contributed by atoms with E-state index >= 15 is 0 Å². The maximum Gasteiger partial charge on any atom is 0.264 e. The van der Waals surface area contributed by atoms with E-state index in [1.165, 1.54) is 0 Å². The van der Waals surface area contributed by atoms with E-state index < -0.39 is 0 Å². The fraction of sp³-hybridized carbons (Fsp3) is 0.294. The van der Waals surface area contributed by atoms with Crippen LogP contribution in [0.1, 0.15) is 9.67 Å². The third-order valence-electron chi connectivity index (χ3n) is 4.43. The van der Waals surface area contributed by atoms with E-state index in [-0.39, 0.29) is 10.6 Å². The minimum absolute atomic E-state index is 0.0348. The lowest BCUT2D eigenvalue weighted by Crippen LogP contribution is -2.47. The number of hydrogen-bond acceptors (Lipinski definition) is 4. The van der Waals surface area contributed by atoms with Gasteiger partial charge in [0, 0.05) is 42.5 Å². The second-order valence-electron chi connectivity index (χ2n) is 5.95. The van der Waals surface area contributed by atoms with Crippen molar-refractivity contribution >= 4 is 39.0 Å². The largest absolute Gasteiger partial charge is 0.351 e. The highest BCUT2D eigenvalue weighted by Gasteiger charge is 2.22. The Bertz CT molecular complexity index is 951. The molecule has 2 aromatic heterocycles. The number of benzene rings is 1. The molecule has 1 aliphatic rings. The highest BCUT2D eigenvalue weighted by Crippen LogP contribution is 2.25. The predicted octanol–water partition coefficient (Wildman–Crippen LogP) is 2.13. The Balaban J connectivity index is 1.80. The van der Waals surface area contributed by atoms with E-state index in [4.69, 9.17) is 0 Å². The van der Waals surface area contributed by atoms with Crippen molar-refractivity contribution in [3.05, 3.63) is 44.7 Å². The second-order valence-corrected chi connectivity index (χ2v) is 6.97. The first kappa shape index (κ1) is 14.4. The summed E-state index contributed by atoms with van der Waals surface area (Å²) in [5.41, 5.74) is 1.52. The van der Waals surface area contributed by atoms with Gasteiger partial charge in [-0.25, -0.2) is 0 Å². The fourth-order valence-electron chi connectivity index (χ4n) is 3.06. The molecule has 1 saturated heterocycles. The number of carbonyl (C=O) groups is 1. The number of likely N-dealkylation sites (N-methyl/N-ethyl adjacent to an activating group) is 1. The smallest absolute Gasteiger partial charge is 0.264 e. The Labute approximate surface area is 137 Å². The number of carbonyl (C=O) groups excluding carboxylic acids is 1. The van der Waals surface area contributed by atoms with Gasteiger partial charge in [0.05, 0.1) is 4.88 Å². The van der Waals surface area contributed by atoms with Crippen molar-refractivity contribution in [2.24, 2.45) is 0 Å². The van der Waals surface area contributed by atoms with Crippen LogP contribution in [0.15, 0.2) is 35.1 Å². The van der Waals surface area contributed by atoms with Crippen LogP contribution in [0.4, 0.5) is 0 Å². The zero-order valence-electron chi connectivity index (χ0n) is 12.8. The zero-order chi connectivity index (χ0) is 16.0. The molecule has 1 N–H and O–H groups in total. The fourth-order valence-corrected chi connectivity index (χ4v) is 3.91. The van der Waals surface area contributed by atoms with Gasteiger partial charge in [0.2, 0.25) is 0 Å². The topological polar surface area (TPSA) is 56.4 Å². The normalized spacial score (nSPS) is 16.3. The van der Waals surface area contributed by atoms with E-state index in [9.17, 15) is 9.59 Å². The molecule has 6 heteroatoms. The lowest BCUT2D eigenvalue weighted by molar-refractivity contribution is 0.0669. The number of rotatable bonds is 1. The predicted molar refractivity (Wildman–Crippen MR) is 93.4 cm³/mol. The van der Waals surface area contributed by atoms with Gasteiger partial charge in [-0.05, 0) is 19.2 Å². The van der Waals surface area contributed by atoms with E-state index in [1.807, 2.05) is 35.2 Å². The Hall–Kier alpha value is -2.18. The highest BCUT2D eigenvalue weighted by molar-refractivity contribution is 7.12. The Kier molecular flexibility index (Phi) is 3.43. The maximum absolute atomic E-state index is 12.7. The van der Waals surface area contributed by atoms with Gasteiger partial charge in [-0.3, -0.25) is 9.59 Å². The first-order chi connectivity index (χ1) is 11.1. The van der Waals surface area contributed by atoms with Crippen molar-refractivity contribution < 1.29 is 4.79 Å². The number of aromatic nitrogens is 1. The van der Waals surface area contributed by atoms with Gasteiger partial charge >= 0.3 is 0 Å². The van der Waals surface area contributed by atoms with Crippen LogP contribution in [-0.4, -0.2) is 53.9 Å². The molecule has 23 heavy (non-hydrogen) atoms. The van der Waals surface area contributed by atoms with E-state index in [0.717, 1.165) is 40.7 Å². The summed E-state index contributed by atoms with van der Waals surface area (Å²) in [5.74, 6) is -0.0348. The van der Waals surface area contributed by atoms with E-state index in [1.54, 1.807) is 0 Å². The monoisotopic (exact) mass is 327 g/mol. The van der Waals surface area contributed by atoms with Crippen molar-refractivity contribution in [1.29, 1.82) is 0 Å². The number of amides is 1. The molecule has 0 spiro atoms. The van der Waals surface area contributed by atoms with Crippen LogP contribution in [-0.2, 0) is 0 Å². The molecule has 0 radical (unpaired) electrons. The average Bonchev–Trinajstić information content (AvgIpc) is 2.94. The molecule has 5 nitrogen and oxygen atoms in total. The van der Waals surface area contributed by atoms with Gasteiger partial charge in [-0.2, -0.15) is 0 Å². The Morgan fingerprint density at radius 1 is 1.13 bits per heavy atom. The molecule has 1 fully saturated rings. The zero-order valence-corrected chi connectivity index (χ0v) is 13.7. The molecule has 0 bridgehead atoms. The molecule has 0 atom stereocenters. The molecule has 3 heterocycles. The number of fused-ring (bicyclic) bond motifs is 3. The summed E-state index contributed by atoms with van der Waals surface area (Å²) in [7, 11) is 2.05. The SMILES string of the molecule is CN1CCN(C(=O)c2cc3c([nH]c4ccccc43)c(=O)s2)CC1. The number of para-hydroxylation sites is 1. The molecule has 0 unspecified atom stereocenters. The second kappa shape index (κ2) is 5.47. The Morgan fingerprint density at radius 2 is 1.87 bits per heavy atom. The first-order valence-corrected chi connectivity index (χ1v) is 8.47. The van der Waals surface area contributed by atoms with Crippen molar-refractivity contribution in [3.8, 4) is 0 Å². The lowest BCUT2D eigenvalue weighted by atomic mass is 10.2. The lowest BCUT2D eigenvalue weighted by Gasteiger charge is -2.32. The molecular formula is C17H17N3O2S. The van der Waals surface area contributed by atoms with Crippen molar-refractivity contribution in [2.45, 2.75) is 0 Å². The molecule has 1 amide bonds. The van der Waals surface area contributed by atoms with Gasteiger partial charge in [0.1, 0.15) is 5.52 Å². The summed E-state index contributed by atoms with van der Waals surface area (Å²) in [6.07, 6.45) is 0. The summed E-state index contributed by atoms with van der Waals surface area (Å²) >= 11 is 1.03. The standard InChI is InChI=1S/C17H17N3O2S/c1-19-6-8-20(9-7-19)16(21)14-10-12-11-4-2-3-5-13(11)18-15(12)17(22)23-14/h2-5,10,18H,6-9H2,1H3. The number of H-pyrrole nitrogens is 1. The average molecular weight is 327 g/mol. The van der Waals surface area contributed by atoms with Crippen LogP contribution < -0.4 is 4.74 Å². The van der Waals surface area contributed by atoms with Gasteiger partial charge in [-0.1, -0.05) is 29.5 Å². The van der Waals surface area contributed by atoms with Gasteiger partial charge in [0.25, 0.3) is 10.6 Å². The van der Waals surface area contributed by atoms with Crippen LogP contribution in [0.25, 0.3) is 21.8 Å². The maximum atomic E-state index is 12.7. The van der Waals surface area contributed by atoms with Crippen LogP contribution >= 0.6 is 11.3 Å². The van der Waals surface area contributed by atoms with Crippen molar-refractivity contribution in [3.63, 3.8) is 0 Å². The molecular weight excluding hydrogens is 310 g/mol. The molecule has 1 aliphatic heterocycles. The van der Waals surface area contributed by atoms with Crippen LogP contribution in [0.2, 0.25) is 0 Å². The number of piperazine rings is 1. The quantitative estimate of drug-likeness (QED) is 0.745. The van der Waals surface area contributed by atoms with Crippen LogP contribution in [0, 0.1) is 0 Å². The molecule has 0 aliphatic carbocycles.